The summed E-state index contributed by atoms with van der Waals surface area (Å²) in [6.07, 6.45) is 1.30. The number of aliphatic carboxylic acids is 1. The fourth-order valence-electron chi connectivity index (χ4n) is 6.58. The van der Waals surface area contributed by atoms with E-state index in [0.29, 0.717) is 104 Å². The number of benzene rings is 1. The number of carboxylic acid groups (broad SMARTS) is 1. The van der Waals surface area contributed by atoms with Gasteiger partial charge < -0.3 is 86.4 Å². The van der Waals surface area contributed by atoms with Crippen molar-refractivity contribution in [2.75, 3.05) is 125 Å². The van der Waals surface area contributed by atoms with Gasteiger partial charge in [0.1, 0.15) is 24.2 Å². The van der Waals surface area contributed by atoms with E-state index in [1.165, 1.54) is 0 Å². The molecule has 6 amide bonds. The van der Waals surface area contributed by atoms with Crippen LogP contribution in [0.15, 0.2) is 35.3 Å². The summed E-state index contributed by atoms with van der Waals surface area (Å²) in [5, 5.41) is 24.9. The van der Waals surface area contributed by atoms with Crippen molar-refractivity contribution in [3.05, 3.63) is 35.9 Å². The molecule has 2 rings (SSSR count). The molecule has 11 N–H and O–H groups in total. The molecular formula is C47H79N9O16. The molecule has 4 atom stereocenters. The maximum Gasteiger partial charge on any atom is 0.305 e. The predicted molar refractivity (Wildman–Crippen MR) is 261 cm³/mol. The van der Waals surface area contributed by atoms with Crippen LogP contribution in [0.3, 0.4) is 0 Å². The van der Waals surface area contributed by atoms with Crippen LogP contribution in [0, 0.1) is 0 Å². The van der Waals surface area contributed by atoms with E-state index in [4.69, 9.17) is 49.4 Å². The zero-order valence-electron chi connectivity index (χ0n) is 41.7. The average Bonchev–Trinajstić information content (AvgIpc) is 3.35. The van der Waals surface area contributed by atoms with Crippen LogP contribution < -0.4 is 43.4 Å². The number of hydrogen-bond donors (Lipinski definition) is 9. The van der Waals surface area contributed by atoms with Crippen molar-refractivity contribution in [3.63, 3.8) is 0 Å². The lowest BCUT2D eigenvalue weighted by Crippen LogP contribution is -2.58. The van der Waals surface area contributed by atoms with Gasteiger partial charge in [-0.1, -0.05) is 37.3 Å². The van der Waals surface area contributed by atoms with E-state index >= 15 is 0 Å². The lowest BCUT2D eigenvalue weighted by Gasteiger charge is -2.26. The highest BCUT2D eigenvalue weighted by atomic mass is 16.6. The molecule has 1 aromatic carbocycles. The zero-order chi connectivity index (χ0) is 52.4. The van der Waals surface area contributed by atoms with Crippen LogP contribution >= 0.6 is 0 Å². The number of guanidine groups is 1. The number of nitrogens with one attached hydrogen (secondary N) is 6. The van der Waals surface area contributed by atoms with Gasteiger partial charge in [-0.15, -0.1) is 0 Å². The number of nitrogens with zero attached hydrogens (tertiary/aromatic N) is 1. The SMILES string of the molecule is CCCOCCOCCOCCOCCOCCOCCOCCOCCC(=O)NCCCC[C@@H]1NC(=O)[C@@H](Cc2ccccc2)NC(=O)[C@H](CC(=O)O)NC(=O)CNC(=O)[C@H](CCCN=C(N)N)NC1=O. The van der Waals surface area contributed by atoms with Crippen LogP contribution in [0.2, 0.25) is 0 Å². The van der Waals surface area contributed by atoms with Gasteiger partial charge in [0.25, 0.3) is 0 Å². The van der Waals surface area contributed by atoms with Crippen molar-refractivity contribution in [2.45, 2.75) is 88.9 Å². The molecule has 0 spiro atoms. The van der Waals surface area contributed by atoms with E-state index < -0.39 is 72.6 Å². The highest BCUT2D eigenvalue weighted by Crippen LogP contribution is 2.09. The molecule has 1 aromatic rings. The third-order valence-electron chi connectivity index (χ3n) is 10.2. The van der Waals surface area contributed by atoms with Gasteiger partial charge >= 0.3 is 5.97 Å². The Hall–Kier alpha value is -5.54. The summed E-state index contributed by atoms with van der Waals surface area (Å²) < 4.78 is 43.7. The van der Waals surface area contributed by atoms with E-state index in [2.05, 4.69) is 43.8 Å². The molecule has 1 heterocycles. The highest BCUT2D eigenvalue weighted by molar-refractivity contribution is 5.98. The number of unbranched alkanes of at least 4 members (excludes halogenated alkanes) is 1. The van der Waals surface area contributed by atoms with E-state index in [-0.39, 0.29) is 70.3 Å². The number of ether oxygens (including phenoxy) is 8. The first-order valence-electron chi connectivity index (χ1n) is 24.6. The van der Waals surface area contributed by atoms with Crippen LogP contribution in [0.25, 0.3) is 0 Å². The minimum atomic E-state index is -1.61. The topological polar surface area (TPSA) is 350 Å². The lowest BCUT2D eigenvalue weighted by atomic mass is 10.0. The average molecular weight is 1030 g/mol. The number of carbonyl (C=O) groups is 7. The van der Waals surface area contributed by atoms with Crippen LogP contribution in [-0.4, -0.2) is 202 Å². The van der Waals surface area contributed by atoms with Crippen molar-refractivity contribution < 1.29 is 76.6 Å². The third-order valence-corrected chi connectivity index (χ3v) is 10.2. The normalized spacial score (nSPS) is 17.9. The van der Waals surface area contributed by atoms with Gasteiger partial charge in [0.2, 0.25) is 35.4 Å². The Kier molecular flexibility index (Phi) is 35.6. The van der Waals surface area contributed by atoms with Crippen LogP contribution in [0.1, 0.15) is 63.9 Å². The van der Waals surface area contributed by atoms with E-state index in [1.54, 1.807) is 30.3 Å². The second kappa shape index (κ2) is 41.0. The summed E-state index contributed by atoms with van der Waals surface area (Å²) in [7, 11) is 0. The number of hydrogen-bond acceptors (Lipinski definition) is 16. The maximum atomic E-state index is 14.0. The summed E-state index contributed by atoms with van der Waals surface area (Å²) in [6, 6.07) is 3.32. The minimum Gasteiger partial charge on any atom is -0.481 e. The fraction of sp³-hybridized carbons (Fsp3) is 0.702. The summed E-state index contributed by atoms with van der Waals surface area (Å²) in [4.78, 5) is 95.6. The molecule has 408 valence electrons. The fourth-order valence-corrected chi connectivity index (χ4v) is 6.58. The number of rotatable bonds is 39. The van der Waals surface area contributed by atoms with Crippen molar-refractivity contribution in [3.8, 4) is 0 Å². The molecule has 0 aliphatic carbocycles. The van der Waals surface area contributed by atoms with E-state index in [9.17, 15) is 38.7 Å². The number of amides is 6. The Morgan fingerprint density at radius 2 is 1.06 bits per heavy atom. The van der Waals surface area contributed by atoms with Gasteiger partial charge in [-0.3, -0.25) is 38.6 Å². The molecule has 0 unspecified atom stereocenters. The van der Waals surface area contributed by atoms with E-state index in [1.807, 2.05) is 0 Å². The maximum absolute atomic E-state index is 14.0. The monoisotopic (exact) mass is 1030 g/mol. The Morgan fingerprint density at radius 3 is 1.57 bits per heavy atom. The Morgan fingerprint density at radius 1 is 0.597 bits per heavy atom. The van der Waals surface area contributed by atoms with Crippen molar-refractivity contribution in [2.24, 2.45) is 16.5 Å². The molecule has 0 bridgehead atoms. The van der Waals surface area contributed by atoms with Crippen LogP contribution in [-0.2, 0) is 77.9 Å². The summed E-state index contributed by atoms with van der Waals surface area (Å²) in [5.74, 6) is -5.93. The Labute approximate surface area is 421 Å². The number of carbonyl (C=O) groups excluding carboxylic acids is 6. The highest BCUT2D eigenvalue weighted by Gasteiger charge is 2.33. The summed E-state index contributed by atoms with van der Waals surface area (Å²) in [6.45, 7) is 8.92. The second-order valence-corrected chi connectivity index (χ2v) is 16.3. The molecule has 1 saturated heterocycles. The molecule has 1 aliphatic heterocycles. The second-order valence-electron chi connectivity index (χ2n) is 16.3. The van der Waals surface area contributed by atoms with Gasteiger partial charge in [-0.05, 0) is 44.1 Å². The minimum absolute atomic E-state index is 0.0352. The zero-order valence-corrected chi connectivity index (χ0v) is 41.7. The molecule has 0 saturated carbocycles. The largest absolute Gasteiger partial charge is 0.481 e. The van der Waals surface area contributed by atoms with Crippen LogP contribution in [0.5, 0.6) is 0 Å². The van der Waals surface area contributed by atoms with Gasteiger partial charge in [0.15, 0.2) is 5.96 Å². The first-order valence-corrected chi connectivity index (χ1v) is 24.6. The van der Waals surface area contributed by atoms with Gasteiger partial charge in [-0.25, -0.2) is 0 Å². The van der Waals surface area contributed by atoms with Crippen LogP contribution in [0.4, 0.5) is 0 Å². The molecule has 0 aromatic heterocycles. The van der Waals surface area contributed by atoms with E-state index in [0.717, 1.165) is 13.0 Å². The Bertz CT molecular complexity index is 1730. The summed E-state index contributed by atoms with van der Waals surface area (Å²) >= 11 is 0. The molecular weight excluding hydrogens is 947 g/mol. The van der Waals surface area contributed by atoms with Gasteiger partial charge in [0.05, 0.1) is 112 Å². The quantitative estimate of drug-likeness (QED) is 0.0197. The molecule has 0 radical (unpaired) electrons. The molecule has 1 aliphatic rings. The Balaban J connectivity index is 1.76. The number of nitrogens with two attached hydrogens (primary N) is 2. The standard InChI is InChI=1S/C47H79N9O16/c1-2-16-65-18-20-67-22-24-69-26-28-71-30-31-72-29-27-70-25-23-68-21-19-66-17-13-40(57)50-14-7-6-11-37-44(62)54-36(12-8-15-51-47(48)49)43(61)52-34-41(58)53-39(33-42(59)60)46(64)56-38(45(63)55-37)32-35-9-4-3-5-10-35/h3-5,9-10,36-39H,2,6-8,11-34H2,1H3,(H,50,57)(H,52,61)(H,53,58)(H,54,62)(H,55,63)(H,56,64)(H,59,60)(H4,48,49,51)/t36-,37-,38+,39-/m0/s1. The summed E-state index contributed by atoms with van der Waals surface area (Å²) in [5.41, 5.74) is 11.5. The first kappa shape index (κ1) is 62.6. The van der Waals surface area contributed by atoms with Gasteiger partial charge in [0, 0.05) is 32.5 Å². The number of carboxylic acids is 1. The number of aliphatic imine (C=N–C) groups is 1. The smallest absolute Gasteiger partial charge is 0.305 e. The van der Waals surface area contributed by atoms with Crippen molar-refractivity contribution in [1.82, 2.24) is 31.9 Å². The molecule has 25 nitrogen and oxygen atoms in total. The molecule has 72 heavy (non-hydrogen) atoms. The van der Waals surface area contributed by atoms with Crippen molar-refractivity contribution >= 4 is 47.4 Å². The molecule has 1 fully saturated rings. The lowest BCUT2D eigenvalue weighted by molar-refractivity contribution is -0.141. The third kappa shape index (κ3) is 32.4. The predicted octanol–water partition coefficient (Wildman–Crippen LogP) is -1.95. The molecule has 25 heteroatoms. The van der Waals surface area contributed by atoms with Gasteiger partial charge in [-0.2, -0.15) is 0 Å². The first-order chi connectivity index (χ1) is 34.9. The van der Waals surface area contributed by atoms with Crippen molar-refractivity contribution in [1.29, 1.82) is 0 Å².